The van der Waals surface area contributed by atoms with Crippen LogP contribution >= 0.6 is 11.3 Å². The summed E-state index contributed by atoms with van der Waals surface area (Å²) >= 11 is 1.86. The lowest BCUT2D eigenvalue weighted by Crippen LogP contribution is -1.99. The van der Waals surface area contributed by atoms with Crippen LogP contribution in [0.4, 0.5) is 0 Å². The summed E-state index contributed by atoms with van der Waals surface area (Å²) in [7, 11) is 0. The van der Waals surface area contributed by atoms with Crippen molar-refractivity contribution in [3.8, 4) is 101 Å². The zero-order valence-electron chi connectivity index (χ0n) is 70.2. The number of rotatable bonds is 12. The Morgan fingerprint density at radius 1 is 0.154 bits per heavy atom. The highest BCUT2D eigenvalue weighted by atomic mass is 32.1. The summed E-state index contributed by atoms with van der Waals surface area (Å²) in [6.45, 7) is 0. The highest BCUT2D eigenvalue weighted by Crippen LogP contribution is 2.51. The molecular weight excluding hydrogens is 1600 g/mol. The SMILES string of the molecule is c1ccc(-c2c(-c3ccc4c(c3)sc3ccccc34)cc(-n3c4ccccc4c4cc(-c5ccc6c(c5)c5ccccc5n6-c5ccccc5)ccc43)cc2-c2ccc3oc4cc(-c5ccc6c(c5)n(-c5ccccc5)c5c7cc(-n8c9ccccc9c9cc(-c%10ccc%11c(c%10)c%10ccccc%10n%11-c%10ccccc%10)ccc98)ccc7n(-c7ccccc7)c65)ccc4c3c2)cc1. The summed E-state index contributed by atoms with van der Waals surface area (Å²) in [5.41, 5.74) is 35.8. The van der Waals surface area contributed by atoms with Crippen molar-refractivity contribution < 1.29 is 4.42 Å². The minimum absolute atomic E-state index is 0.825. The van der Waals surface area contributed by atoms with Crippen molar-refractivity contribution in [2.75, 3.05) is 0 Å². The molecule has 7 nitrogen and oxygen atoms in total. The second-order valence-corrected chi connectivity index (χ2v) is 35.7. The highest BCUT2D eigenvalue weighted by molar-refractivity contribution is 7.25. The second-order valence-electron chi connectivity index (χ2n) is 34.6. The molecule has 0 saturated carbocycles. The van der Waals surface area contributed by atoms with Crippen LogP contribution in [0.2, 0.25) is 0 Å². The average molecular weight is 1670 g/mol. The molecule has 8 heterocycles. The fourth-order valence-electron chi connectivity index (χ4n) is 21.8. The third-order valence-electron chi connectivity index (χ3n) is 27.6. The van der Waals surface area contributed by atoms with E-state index in [1.807, 2.05) is 11.3 Å². The maximum atomic E-state index is 7.13. The number of nitrogens with zero attached hydrogens (tertiary/aromatic N) is 6. The first-order valence-electron chi connectivity index (χ1n) is 44.6. The Morgan fingerprint density at radius 2 is 0.492 bits per heavy atom. The summed E-state index contributed by atoms with van der Waals surface area (Å²) in [5.74, 6) is 0. The largest absolute Gasteiger partial charge is 0.456 e. The van der Waals surface area contributed by atoms with Crippen LogP contribution in [-0.4, -0.2) is 27.4 Å². The van der Waals surface area contributed by atoms with Crippen molar-refractivity contribution >= 4 is 174 Å². The summed E-state index contributed by atoms with van der Waals surface area (Å²) < 4.78 is 24.4. The van der Waals surface area contributed by atoms with Crippen LogP contribution in [0.3, 0.4) is 0 Å². The predicted octanol–water partition coefficient (Wildman–Crippen LogP) is 33.4. The van der Waals surface area contributed by atoms with Gasteiger partial charge >= 0.3 is 0 Å². The lowest BCUT2D eigenvalue weighted by Gasteiger charge is -2.20. The van der Waals surface area contributed by atoms with Gasteiger partial charge in [-0.1, -0.05) is 255 Å². The highest BCUT2D eigenvalue weighted by Gasteiger charge is 2.28. The molecule has 604 valence electrons. The molecule has 0 atom stereocenters. The zero-order valence-corrected chi connectivity index (χ0v) is 71.0. The van der Waals surface area contributed by atoms with E-state index < -0.39 is 0 Å². The summed E-state index contributed by atoms with van der Waals surface area (Å²) in [6, 6.07) is 167. The second kappa shape index (κ2) is 28.2. The van der Waals surface area contributed by atoms with Gasteiger partial charge < -0.3 is 31.8 Å². The van der Waals surface area contributed by atoms with Gasteiger partial charge in [-0.2, -0.15) is 0 Å². The van der Waals surface area contributed by atoms with Gasteiger partial charge in [-0.15, -0.1) is 11.3 Å². The lowest BCUT2D eigenvalue weighted by atomic mass is 9.86. The molecule has 28 rings (SSSR count). The van der Waals surface area contributed by atoms with Crippen molar-refractivity contribution in [1.29, 1.82) is 0 Å². The summed E-state index contributed by atoms with van der Waals surface area (Å²) in [6.07, 6.45) is 0. The van der Waals surface area contributed by atoms with Crippen molar-refractivity contribution in [2.24, 2.45) is 0 Å². The molecule has 0 aliphatic heterocycles. The minimum atomic E-state index is 0.825. The van der Waals surface area contributed by atoms with E-state index in [0.717, 1.165) is 155 Å². The van der Waals surface area contributed by atoms with Gasteiger partial charge in [0.15, 0.2) is 0 Å². The molecule has 0 radical (unpaired) electrons. The molecule has 0 aliphatic carbocycles. The van der Waals surface area contributed by atoms with Crippen LogP contribution in [0.15, 0.2) is 453 Å². The number of hydrogen-bond acceptors (Lipinski definition) is 2. The van der Waals surface area contributed by atoms with Gasteiger partial charge in [0.2, 0.25) is 0 Å². The third kappa shape index (κ3) is 10.9. The van der Waals surface area contributed by atoms with Gasteiger partial charge in [0, 0.05) is 119 Å². The lowest BCUT2D eigenvalue weighted by molar-refractivity contribution is 0.669. The van der Waals surface area contributed by atoms with E-state index in [1.165, 1.54) is 108 Å². The fraction of sp³-hybridized carbons (Fsp3) is 0. The van der Waals surface area contributed by atoms with E-state index in [4.69, 9.17) is 4.42 Å². The molecular formula is C122H74N6OS. The maximum Gasteiger partial charge on any atom is 0.136 e. The van der Waals surface area contributed by atoms with E-state index in [2.05, 4.69) is 476 Å². The van der Waals surface area contributed by atoms with Crippen LogP contribution in [0.5, 0.6) is 0 Å². The number of thiophene rings is 1. The van der Waals surface area contributed by atoms with Gasteiger partial charge in [0.05, 0.1) is 66.2 Å². The van der Waals surface area contributed by atoms with Crippen LogP contribution < -0.4 is 0 Å². The van der Waals surface area contributed by atoms with Gasteiger partial charge in [-0.05, 0) is 261 Å². The zero-order chi connectivity index (χ0) is 84.9. The molecule has 0 aliphatic rings. The molecule has 20 aromatic carbocycles. The van der Waals surface area contributed by atoms with Gasteiger partial charge in [-0.25, -0.2) is 0 Å². The van der Waals surface area contributed by atoms with Crippen LogP contribution in [0.25, 0.3) is 263 Å². The Bertz CT molecular complexity index is 9610. The maximum absolute atomic E-state index is 7.13. The first-order valence-corrected chi connectivity index (χ1v) is 45.4. The smallest absolute Gasteiger partial charge is 0.136 e. The number of aromatic nitrogens is 6. The number of fused-ring (bicyclic) bond motifs is 23. The normalized spacial score (nSPS) is 12.2. The van der Waals surface area contributed by atoms with Crippen LogP contribution in [0.1, 0.15) is 0 Å². The molecule has 130 heavy (non-hydrogen) atoms. The van der Waals surface area contributed by atoms with Gasteiger partial charge in [-0.3, -0.25) is 0 Å². The van der Waals surface area contributed by atoms with Crippen molar-refractivity contribution in [1.82, 2.24) is 27.4 Å². The molecule has 0 saturated heterocycles. The molecule has 28 aromatic rings. The average Bonchev–Trinajstić information content (AvgIpc) is 1.53. The quantitative estimate of drug-likeness (QED) is 0.120. The monoisotopic (exact) mass is 1670 g/mol. The minimum Gasteiger partial charge on any atom is -0.456 e. The number of benzene rings is 20. The first-order chi connectivity index (χ1) is 64.5. The topological polar surface area (TPSA) is 42.7 Å². The van der Waals surface area contributed by atoms with Crippen LogP contribution in [-0.2, 0) is 0 Å². The Kier molecular flexibility index (Phi) is 15.7. The van der Waals surface area contributed by atoms with Crippen molar-refractivity contribution in [3.63, 3.8) is 0 Å². The molecule has 8 heteroatoms. The van der Waals surface area contributed by atoms with Gasteiger partial charge in [0.25, 0.3) is 0 Å². The third-order valence-corrected chi connectivity index (χ3v) is 28.7. The number of hydrogen-bond donors (Lipinski definition) is 0. The van der Waals surface area contributed by atoms with Gasteiger partial charge in [0.1, 0.15) is 11.2 Å². The molecule has 0 amide bonds. The van der Waals surface area contributed by atoms with E-state index in [1.54, 1.807) is 0 Å². The summed E-state index contributed by atoms with van der Waals surface area (Å²) in [5, 5.41) is 16.7. The molecule has 8 aromatic heterocycles. The predicted molar refractivity (Wildman–Crippen MR) is 548 cm³/mol. The number of furan rings is 1. The standard InChI is InChI=1S/C122H74N6OS/c1-6-26-75(27-7-1)120-98(73-89(74-99(120)83-48-56-96-95-40-20-25-45-118(95)130-119(96)71-83)126-109-44-24-19-39-93(109)103-67-79(52-61-113(103)126)77-50-59-111-101(65-77)91-37-17-22-42-107(91)124(111)85-30-10-3-11-31-85)82-53-63-116-104(68-82)94-55-46-81(70-117(94)129-116)80-47-57-97-115(69-80)128(87-34-14-5-15-35-87)122-105-72-88(54-62-114(105)127(121(97)122)86-32-12-4-13-33-86)125-108-43-23-18-38-92(108)102-66-78(51-60-112(102)125)76-49-58-110-100(64-76)90-36-16-21-41-106(90)123(110)84-28-8-2-9-29-84/h1-74H. The van der Waals surface area contributed by atoms with Crippen LogP contribution in [0, 0.1) is 0 Å². The molecule has 0 bridgehead atoms. The molecule has 0 fully saturated rings. The molecule has 0 N–H and O–H groups in total. The fourth-order valence-corrected chi connectivity index (χ4v) is 23.0. The van der Waals surface area contributed by atoms with E-state index >= 15 is 0 Å². The Hall–Kier alpha value is -17.0. The first kappa shape index (κ1) is 72.3. The Labute approximate surface area is 749 Å². The molecule has 0 unspecified atom stereocenters. The van der Waals surface area contributed by atoms with E-state index in [-0.39, 0.29) is 0 Å². The molecule has 0 spiro atoms. The van der Waals surface area contributed by atoms with Crippen molar-refractivity contribution in [2.45, 2.75) is 0 Å². The number of para-hydroxylation sites is 8. The van der Waals surface area contributed by atoms with E-state index in [9.17, 15) is 0 Å². The summed E-state index contributed by atoms with van der Waals surface area (Å²) in [4.78, 5) is 0. The Morgan fingerprint density at radius 3 is 1.01 bits per heavy atom. The Balaban J connectivity index is 0.590. The van der Waals surface area contributed by atoms with Crippen molar-refractivity contribution in [3.05, 3.63) is 449 Å². The van der Waals surface area contributed by atoms with E-state index in [0.29, 0.717) is 0 Å².